The fourth-order valence-corrected chi connectivity index (χ4v) is 5.17. The van der Waals surface area contributed by atoms with Crippen LogP contribution in [0, 0.1) is 13.8 Å². The SMILES string of the molecule is Cc1[nH]c2ccc(C(=O)N3CCCC3c3nc4ccccc4s3)cc2c1C. The Kier molecular flexibility index (Phi) is 3.79. The molecule has 3 heterocycles. The number of likely N-dealkylation sites (tertiary alicyclic amines) is 1. The Morgan fingerprint density at radius 3 is 2.93 bits per heavy atom. The van der Waals surface area contributed by atoms with Gasteiger partial charge in [-0.15, -0.1) is 11.3 Å². The topological polar surface area (TPSA) is 49.0 Å². The van der Waals surface area contributed by atoms with E-state index in [1.807, 2.05) is 41.3 Å². The first-order chi connectivity index (χ1) is 13.1. The summed E-state index contributed by atoms with van der Waals surface area (Å²) in [5, 5.41) is 2.19. The monoisotopic (exact) mass is 375 g/mol. The van der Waals surface area contributed by atoms with E-state index in [1.165, 1.54) is 10.3 Å². The Morgan fingerprint density at radius 2 is 2.07 bits per heavy atom. The number of benzene rings is 2. The van der Waals surface area contributed by atoms with E-state index in [0.717, 1.165) is 52.1 Å². The standard InChI is InChI=1S/C22H21N3OS/c1-13-14(2)23-17-10-9-15(12-16(13)17)22(26)25-11-5-7-19(25)21-24-18-6-3-4-8-20(18)27-21/h3-4,6,8-10,12,19,23H,5,7,11H2,1-2H3. The molecule has 4 nitrogen and oxygen atoms in total. The number of nitrogens with one attached hydrogen (secondary N) is 1. The average molecular weight is 375 g/mol. The molecule has 1 N–H and O–H groups in total. The molecule has 2 aromatic carbocycles. The minimum Gasteiger partial charge on any atom is -0.358 e. The fraction of sp³-hybridized carbons (Fsp3) is 0.273. The molecule has 1 saturated heterocycles. The lowest BCUT2D eigenvalue weighted by molar-refractivity contribution is 0.0736. The van der Waals surface area contributed by atoms with Gasteiger partial charge in [-0.1, -0.05) is 12.1 Å². The van der Waals surface area contributed by atoms with Crippen molar-refractivity contribution in [2.75, 3.05) is 6.54 Å². The number of hydrogen-bond acceptors (Lipinski definition) is 3. The third-order valence-corrected chi connectivity index (χ3v) is 6.80. The molecule has 136 valence electrons. The number of amides is 1. The van der Waals surface area contributed by atoms with Crippen molar-refractivity contribution < 1.29 is 4.79 Å². The zero-order chi connectivity index (χ0) is 18.5. The molecule has 27 heavy (non-hydrogen) atoms. The Balaban J connectivity index is 1.50. The van der Waals surface area contributed by atoms with Gasteiger partial charge in [-0.05, 0) is 62.6 Å². The van der Waals surface area contributed by atoms with Gasteiger partial charge in [-0.2, -0.15) is 0 Å². The highest BCUT2D eigenvalue weighted by atomic mass is 32.1. The van der Waals surface area contributed by atoms with Gasteiger partial charge in [-0.3, -0.25) is 4.79 Å². The van der Waals surface area contributed by atoms with Crippen LogP contribution in [0.5, 0.6) is 0 Å². The number of aryl methyl sites for hydroxylation is 2. The van der Waals surface area contributed by atoms with E-state index in [2.05, 4.69) is 24.9 Å². The molecular formula is C22H21N3OS. The van der Waals surface area contributed by atoms with Crippen molar-refractivity contribution in [3.05, 3.63) is 64.3 Å². The molecule has 0 radical (unpaired) electrons. The van der Waals surface area contributed by atoms with Crippen LogP contribution in [0.2, 0.25) is 0 Å². The third-order valence-electron chi connectivity index (χ3n) is 5.66. The van der Waals surface area contributed by atoms with Crippen molar-refractivity contribution in [2.45, 2.75) is 32.7 Å². The van der Waals surface area contributed by atoms with Gasteiger partial charge in [0.2, 0.25) is 0 Å². The first-order valence-electron chi connectivity index (χ1n) is 9.37. The predicted octanol–water partition coefficient (Wildman–Crippen LogP) is 5.37. The highest BCUT2D eigenvalue weighted by Gasteiger charge is 2.33. The van der Waals surface area contributed by atoms with Crippen LogP contribution in [-0.4, -0.2) is 27.3 Å². The molecule has 5 heteroatoms. The number of aromatic amines is 1. The van der Waals surface area contributed by atoms with Crippen LogP contribution in [0.1, 0.15) is 45.5 Å². The molecule has 1 aliphatic heterocycles. The van der Waals surface area contributed by atoms with E-state index < -0.39 is 0 Å². The Morgan fingerprint density at radius 1 is 1.22 bits per heavy atom. The van der Waals surface area contributed by atoms with Crippen molar-refractivity contribution in [1.29, 1.82) is 0 Å². The van der Waals surface area contributed by atoms with Gasteiger partial charge >= 0.3 is 0 Å². The predicted molar refractivity (Wildman–Crippen MR) is 110 cm³/mol. The van der Waals surface area contributed by atoms with Crippen LogP contribution in [0.15, 0.2) is 42.5 Å². The molecule has 1 atom stereocenters. The summed E-state index contributed by atoms with van der Waals surface area (Å²) in [6.07, 6.45) is 2.01. The number of fused-ring (bicyclic) bond motifs is 2. The summed E-state index contributed by atoms with van der Waals surface area (Å²) in [7, 11) is 0. The normalized spacial score (nSPS) is 17.3. The Hall–Kier alpha value is -2.66. The zero-order valence-electron chi connectivity index (χ0n) is 15.5. The summed E-state index contributed by atoms with van der Waals surface area (Å²) >= 11 is 1.71. The molecule has 2 aromatic heterocycles. The minimum atomic E-state index is 0.0830. The maximum absolute atomic E-state index is 13.3. The summed E-state index contributed by atoms with van der Waals surface area (Å²) in [6.45, 7) is 4.96. The first kappa shape index (κ1) is 16.5. The molecule has 0 aliphatic carbocycles. The highest BCUT2D eigenvalue weighted by molar-refractivity contribution is 7.18. The van der Waals surface area contributed by atoms with E-state index in [0.29, 0.717) is 0 Å². The van der Waals surface area contributed by atoms with Crippen molar-refractivity contribution >= 4 is 38.4 Å². The summed E-state index contributed by atoms with van der Waals surface area (Å²) in [6, 6.07) is 14.3. The highest BCUT2D eigenvalue weighted by Crippen LogP contribution is 2.37. The lowest BCUT2D eigenvalue weighted by Crippen LogP contribution is -2.30. The lowest BCUT2D eigenvalue weighted by Gasteiger charge is -2.23. The summed E-state index contributed by atoms with van der Waals surface area (Å²) in [4.78, 5) is 23.5. The smallest absolute Gasteiger partial charge is 0.254 e. The number of thiazole rings is 1. The number of aromatic nitrogens is 2. The van der Waals surface area contributed by atoms with Crippen LogP contribution in [-0.2, 0) is 0 Å². The van der Waals surface area contributed by atoms with Crippen LogP contribution in [0.4, 0.5) is 0 Å². The number of H-pyrrole nitrogens is 1. The first-order valence-corrected chi connectivity index (χ1v) is 10.2. The second kappa shape index (κ2) is 6.20. The number of carbonyl (C=O) groups excluding carboxylic acids is 1. The molecule has 1 fully saturated rings. The number of rotatable bonds is 2. The van der Waals surface area contributed by atoms with Gasteiger partial charge < -0.3 is 9.88 Å². The van der Waals surface area contributed by atoms with E-state index in [9.17, 15) is 4.79 Å². The maximum Gasteiger partial charge on any atom is 0.254 e. The molecule has 0 spiro atoms. The second-order valence-electron chi connectivity index (χ2n) is 7.31. The second-order valence-corrected chi connectivity index (χ2v) is 8.37. The third kappa shape index (κ3) is 2.65. The van der Waals surface area contributed by atoms with Crippen molar-refractivity contribution in [3.63, 3.8) is 0 Å². The molecular weight excluding hydrogens is 354 g/mol. The average Bonchev–Trinajstić information content (AvgIpc) is 3.38. The summed E-state index contributed by atoms with van der Waals surface area (Å²) in [5.41, 5.74) is 5.24. The number of hydrogen-bond donors (Lipinski definition) is 1. The van der Waals surface area contributed by atoms with Gasteiger partial charge in [0.25, 0.3) is 5.91 Å². The molecule has 4 aromatic rings. The van der Waals surface area contributed by atoms with E-state index >= 15 is 0 Å². The summed E-state index contributed by atoms with van der Waals surface area (Å²) in [5.74, 6) is 0.108. The molecule has 1 aliphatic rings. The lowest BCUT2D eigenvalue weighted by atomic mass is 10.1. The summed E-state index contributed by atoms with van der Waals surface area (Å²) < 4.78 is 1.19. The quantitative estimate of drug-likeness (QED) is 0.512. The van der Waals surface area contributed by atoms with Crippen LogP contribution >= 0.6 is 11.3 Å². The van der Waals surface area contributed by atoms with E-state index in [-0.39, 0.29) is 11.9 Å². The van der Waals surface area contributed by atoms with Crippen molar-refractivity contribution in [1.82, 2.24) is 14.9 Å². The van der Waals surface area contributed by atoms with Gasteiger partial charge in [0.05, 0.1) is 16.3 Å². The number of para-hydroxylation sites is 1. The number of nitrogens with zero attached hydrogens (tertiary/aromatic N) is 2. The van der Waals surface area contributed by atoms with E-state index in [4.69, 9.17) is 4.98 Å². The van der Waals surface area contributed by atoms with Crippen molar-refractivity contribution in [3.8, 4) is 0 Å². The minimum absolute atomic E-state index is 0.0830. The Labute approximate surface area is 161 Å². The molecule has 1 unspecified atom stereocenters. The molecule has 0 saturated carbocycles. The van der Waals surface area contributed by atoms with Gasteiger partial charge in [-0.25, -0.2) is 4.98 Å². The fourth-order valence-electron chi connectivity index (χ4n) is 4.06. The maximum atomic E-state index is 13.3. The van der Waals surface area contributed by atoms with Crippen LogP contribution in [0.25, 0.3) is 21.1 Å². The van der Waals surface area contributed by atoms with Gasteiger partial charge in [0.1, 0.15) is 5.01 Å². The largest absolute Gasteiger partial charge is 0.358 e. The van der Waals surface area contributed by atoms with Crippen LogP contribution in [0.3, 0.4) is 0 Å². The van der Waals surface area contributed by atoms with Gasteiger partial charge in [0, 0.05) is 28.7 Å². The zero-order valence-corrected chi connectivity index (χ0v) is 16.3. The van der Waals surface area contributed by atoms with Crippen molar-refractivity contribution in [2.24, 2.45) is 0 Å². The number of carbonyl (C=O) groups is 1. The molecule has 0 bridgehead atoms. The molecule has 1 amide bonds. The Bertz CT molecular complexity index is 1140. The van der Waals surface area contributed by atoms with E-state index in [1.54, 1.807) is 11.3 Å². The van der Waals surface area contributed by atoms with Crippen LogP contribution < -0.4 is 0 Å². The van der Waals surface area contributed by atoms with Gasteiger partial charge in [0.15, 0.2) is 0 Å². The molecule has 5 rings (SSSR count).